The van der Waals surface area contributed by atoms with Gasteiger partial charge in [0.25, 0.3) is 0 Å². The molecule has 1 aliphatic rings. The Labute approximate surface area is 98.7 Å². The molecule has 1 aromatic carbocycles. The molecule has 1 heterocycles. The summed E-state index contributed by atoms with van der Waals surface area (Å²) >= 11 is 0. The van der Waals surface area contributed by atoms with Crippen molar-refractivity contribution in [2.45, 2.75) is 26.2 Å². The second-order valence-electron chi connectivity index (χ2n) is 5.07. The molecule has 1 fully saturated rings. The van der Waals surface area contributed by atoms with Gasteiger partial charge in [-0.3, -0.25) is 0 Å². The maximum absolute atomic E-state index is 3.44. The van der Waals surface area contributed by atoms with E-state index in [0.29, 0.717) is 5.92 Å². The van der Waals surface area contributed by atoms with Crippen LogP contribution in [0.3, 0.4) is 0 Å². The monoisotopic (exact) mass is 218 g/mol. The minimum Gasteiger partial charge on any atom is -0.377 e. The Kier molecular flexibility index (Phi) is 3.20. The molecule has 0 aliphatic carbocycles. The molecule has 0 aromatic heterocycles. The van der Waals surface area contributed by atoms with Crippen molar-refractivity contribution in [3.05, 3.63) is 28.8 Å². The van der Waals surface area contributed by atoms with Crippen LogP contribution in [0.25, 0.3) is 0 Å². The van der Waals surface area contributed by atoms with Gasteiger partial charge in [-0.2, -0.15) is 0 Å². The number of aryl methyl sites for hydroxylation is 1. The summed E-state index contributed by atoms with van der Waals surface area (Å²) < 4.78 is 0. The predicted molar refractivity (Wildman–Crippen MR) is 70.5 cm³/mol. The zero-order valence-electron chi connectivity index (χ0n) is 10.8. The molecule has 1 atom stereocenters. The van der Waals surface area contributed by atoms with Gasteiger partial charge in [0.1, 0.15) is 0 Å². The third-order valence-corrected chi connectivity index (χ3v) is 3.68. The summed E-state index contributed by atoms with van der Waals surface area (Å²) in [4.78, 5) is 2.22. The number of rotatable bonds is 2. The van der Waals surface area contributed by atoms with E-state index in [1.54, 1.807) is 0 Å². The van der Waals surface area contributed by atoms with E-state index < -0.39 is 0 Å². The lowest BCUT2D eigenvalue weighted by atomic mass is 9.93. The maximum atomic E-state index is 3.44. The summed E-state index contributed by atoms with van der Waals surface area (Å²) in [6, 6.07) is 4.72. The number of hydrogen-bond donors (Lipinski definition) is 1. The van der Waals surface area contributed by atoms with Crippen molar-refractivity contribution in [2.24, 2.45) is 0 Å². The van der Waals surface area contributed by atoms with Crippen LogP contribution >= 0.6 is 0 Å². The van der Waals surface area contributed by atoms with Crippen LogP contribution in [-0.2, 0) is 0 Å². The summed E-state index contributed by atoms with van der Waals surface area (Å²) in [7, 11) is 4.25. The minimum atomic E-state index is 0.706. The first kappa shape index (κ1) is 11.5. The fourth-order valence-electron chi connectivity index (χ4n) is 2.51. The standard InChI is InChI=1S/C14H22N2/c1-10-7-13(12-5-6-15-9-12)8-14(11(10)2)16(3)4/h7-8,12,15H,5-6,9H2,1-4H3. The van der Waals surface area contributed by atoms with E-state index in [1.807, 2.05) is 0 Å². The third kappa shape index (κ3) is 2.07. The van der Waals surface area contributed by atoms with Crippen molar-refractivity contribution in [3.8, 4) is 0 Å². The first-order valence-electron chi connectivity index (χ1n) is 6.09. The highest BCUT2D eigenvalue weighted by molar-refractivity contribution is 5.57. The van der Waals surface area contributed by atoms with Gasteiger partial charge in [-0.15, -0.1) is 0 Å². The fraction of sp³-hybridized carbons (Fsp3) is 0.571. The summed E-state index contributed by atoms with van der Waals surface area (Å²) in [5.41, 5.74) is 5.67. The third-order valence-electron chi connectivity index (χ3n) is 3.68. The minimum absolute atomic E-state index is 0.706. The first-order chi connectivity index (χ1) is 7.59. The predicted octanol–water partition coefficient (Wildman–Crippen LogP) is 2.45. The smallest absolute Gasteiger partial charge is 0.0396 e. The van der Waals surface area contributed by atoms with Crippen LogP contribution in [0, 0.1) is 13.8 Å². The molecule has 1 N–H and O–H groups in total. The number of benzene rings is 1. The van der Waals surface area contributed by atoms with E-state index in [0.717, 1.165) is 13.1 Å². The molecule has 0 radical (unpaired) electrons. The van der Waals surface area contributed by atoms with Crippen LogP contribution in [0.4, 0.5) is 5.69 Å². The average molecular weight is 218 g/mol. The van der Waals surface area contributed by atoms with Gasteiger partial charge in [-0.25, -0.2) is 0 Å². The van der Waals surface area contributed by atoms with E-state index in [9.17, 15) is 0 Å². The quantitative estimate of drug-likeness (QED) is 0.820. The molecule has 1 aromatic rings. The molecule has 0 spiro atoms. The van der Waals surface area contributed by atoms with Gasteiger partial charge in [-0.05, 0) is 55.5 Å². The zero-order valence-corrected chi connectivity index (χ0v) is 10.8. The molecule has 1 aliphatic heterocycles. The number of nitrogens with one attached hydrogen (secondary N) is 1. The highest BCUT2D eigenvalue weighted by Gasteiger charge is 2.18. The lowest BCUT2D eigenvalue weighted by Crippen LogP contribution is -2.13. The molecule has 0 saturated carbocycles. The Morgan fingerprint density at radius 3 is 2.56 bits per heavy atom. The van der Waals surface area contributed by atoms with Gasteiger partial charge >= 0.3 is 0 Å². The molecule has 2 heteroatoms. The SMILES string of the molecule is Cc1cc(C2CCNC2)cc(N(C)C)c1C. The molecule has 16 heavy (non-hydrogen) atoms. The number of nitrogens with zero attached hydrogens (tertiary/aromatic N) is 1. The number of hydrogen-bond acceptors (Lipinski definition) is 2. The van der Waals surface area contributed by atoms with Crippen molar-refractivity contribution in [1.29, 1.82) is 0 Å². The van der Waals surface area contributed by atoms with E-state index in [-0.39, 0.29) is 0 Å². The number of anilines is 1. The van der Waals surface area contributed by atoms with Crippen molar-refractivity contribution in [2.75, 3.05) is 32.1 Å². The van der Waals surface area contributed by atoms with E-state index in [2.05, 4.69) is 50.3 Å². The van der Waals surface area contributed by atoms with Crippen LogP contribution in [-0.4, -0.2) is 27.2 Å². The Morgan fingerprint density at radius 1 is 1.25 bits per heavy atom. The van der Waals surface area contributed by atoms with Crippen molar-refractivity contribution in [1.82, 2.24) is 5.32 Å². The van der Waals surface area contributed by atoms with E-state index in [1.165, 1.54) is 28.8 Å². The molecule has 88 valence electrons. The van der Waals surface area contributed by atoms with Gasteiger partial charge in [0.05, 0.1) is 0 Å². The highest BCUT2D eigenvalue weighted by Crippen LogP contribution is 2.30. The fourth-order valence-corrected chi connectivity index (χ4v) is 2.51. The Hall–Kier alpha value is -1.02. The molecule has 0 amide bonds. The van der Waals surface area contributed by atoms with E-state index >= 15 is 0 Å². The van der Waals surface area contributed by atoms with Crippen LogP contribution < -0.4 is 10.2 Å². The molecule has 2 rings (SSSR count). The topological polar surface area (TPSA) is 15.3 Å². The Balaban J connectivity index is 2.39. The van der Waals surface area contributed by atoms with Gasteiger partial charge in [0.15, 0.2) is 0 Å². The van der Waals surface area contributed by atoms with Crippen LogP contribution in [0.1, 0.15) is 29.0 Å². The molecular formula is C14H22N2. The van der Waals surface area contributed by atoms with Crippen LogP contribution in [0.2, 0.25) is 0 Å². The van der Waals surface area contributed by atoms with E-state index in [4.69, 9.17) is 0 Å². The summed E-state index contributed by atoms with van der Waals surface area (Å²) in [5, 5.41) is 3.44. The largest absolute Gasteiger partial charge is 0.377 e. The molecule has 2 nitrogen and oxygen atoms in total. The van der Waals surface area contributed by atoms with Gasteiger partial charge in [0, 0.05) is 26.3 Å². The lowest BCUT2D eigenvalue weighted by Gasteiger charge is -2.21. The van der Waals surface area contributed by atoms with Crippen LogP contribution in [0.5, 0.6) is 0 Å². The second kappa shape index (κ2) is 4.46. The lowest BCUT2D eigenvalue weighted by molar-refractivity contribution is 0.761. The zero-order chi connectivity index (χ0) is 11.7. The molecular weight excluding hydrogens is 196 g/mol. The Bertz CT molecular complexity index is 377. The Morgan fingerprint density at radius 2 is 2.00 bits per heavy atom. The summed E-state index contributed by atoms with van der Waals surface area (Å²) in [6.45, 7) is 6.72. The van der Waals surface area contributed by atoms with Crippen molar-refractivity contribution in [3.63, 3.8) is 0 Å². The molecule has 1 unspecified atom stereocenters. The average Bonchev–Trinajstić information content (AvgIpc) is 2.74. The van der Waals surface area contributed by atoms with Gasteiger partial charge in [-0.1, -0.05) is 6.07 Å². The normalized spacial score (nSPS) is 20.1. The molecule has 1 saturated heterocycles. The van der Waals surface area contributed by atoms with Crippen molar-refractivity contribution < 1.29 is 0 Å². The van der Waals surface area contributed by atoms with Gasteiger partial charge in [0.2, 0.25) is 0 Å². The summed E-state index contributed by atoms with van der Waals surface area (Å²) in [5.74, 6) is 0.706. The molecule has 0 bridgehead atoms. The van der Waals surface area contributed by atoms with Crippen molar-refractivity contribution >= 4 is 5.69 Å². The first-order valence-corrected chi connectivity index (χ1v) is 6.09. The van der Waals surface area contributed by atoms with Crippen LogP contribution in [0.15, 0.2) is 12.1 Å². The maximum Gasteiger partial charge on any atom is 0.0396 e. The second-order valence-corrected chi connectivity index (χ2v) is 5.07. The summed E-state index contributed by atoms with van der Waals surface area (Å²) in [6.07, 6.45) is 1.27. The van der Waals surface area contributed by atoms with Gasteiger partial charge < -0.3 is 10.2 Å². The highest BCUT2D eigenvalue weighted by atomic mass is 15.1.